The van der Waals surface area contributed by atoms with Gasteiger partial charge in [0.1, 0.15) is 18.1 Å². The molecule has 0 heterocycles. The molecule has 5 nitrogen and oxygen atoms in total. The summed E-state index contributed by atoms with van der Waals surface area (Å²) in [5.74, 6) is -0.335. The lowest BCUT2D eigenvalue weighted by molar-refractivity contribution is -0.108. The van der Waals surface area contributed by atoms with Crippen molar-refractivity contribution in [3.8, 4) is 11.8 Å². The van der Waals surface area contributed by atoms with Gasteiger partial charge in [-0.25, -0.2) is 0 Å². The molecule has 0 aromatic heterocycles. The highest BCUT2D eigenvalue weighted by Gasteiger charge is 2.25. The highest BCUT2D eigenvalue weighted by atomic mass is 35.5. The number of amides is 1. The lowest BCUT2D eigenvalue weighted by Crippen LogP contribution is -2.32. The second-order valence-corrected chi connectivity index (χ2v) is 7.94. The van der Waals surface area contributed by atoms with Gasteiger partial charge < -0.3 is 14.4 Å². The fourth-order valence-electron chi connectivity index (χ4n) is 3.64. The molecule has 0 spiro atoms. The van der Waals surface area contributed by atoms with Crippen LogP contribution in [0.2, 0.25) is 10.0 Å². The van der Waals surface area contributed by atoms with E-state index in [1.807, 2.05) is 24.3 Å². The highest BCUT2D eigenvalue weighted by molar-refractivity contribution is 6.42. The highest BCUT2D eigenvalue weighted by Crippen LogP contribution is 2.34. The molecule has 0 saturated heterocycles. The lowest BCUT2D eigenvalue weighted by atomic mass is 9.94. The summed E-state index contributed by atoms with van der Waals surface area (Å²) in [6, 6.07) is 16.3. The maximum atomic E-state index is 13.5. The Kier molecular flexibility index (Phi) is 7.17. The number of methoxy groups -OCH3 is 1. The van der Waals surface area contributed by atoms with Gasteiger partial charge in [-0.05, 0) is 34.5 Å². The van der Waals surface area contributed by atoms with Crippen LogP contribution >= 0.6 is 23.2 Å². The number of hydrogen-bond acceptors (Lipinski definition) is 4. The topological polar surface area (TPSA) is 70.4 Å². The predicted octanol–water partition coefficient (Wildman–Crippen LogP) is 5.47. The van der Waals surface area contributed by atoms with Crippen molar-refractivity contribution in [2.45, 2.75) is 12.3 Å². The minimum Gasteiger partial charge on any atom is -0.495 e. The van der Waals surface area contributed by atoms with Crippen LogP contribution in [-0.4, -0.2) is 37.8 Å². The Balaban J connectivity index is 2.02. The molecule has 7 heteroatoms. The molecule has 0 saturated carbocycles. The van der Waals surface area contributed by atoms with Crippen molar-refractivity contribution in [2.24, 2.45) is 0 Å². The Hall–Kier alpha value is -3.07. The van der Waals surface area contributed by atoms with E-state index in [2.05, 4.69) is 6.07 Å². The van der Waals surface area contributed by atoms with Crippen LogP contribution in [0.3, 0.4) is 0 Å². The molecule has 3 rings (SSSR count). The molecule has 0 unspecified atom stereocenters. The van der Waals surface area contributed by atoms with E-state index >= 15 is 0 Å². The molecule has 0 aliphatic carbocycles. The normalized spacial score (nSPS) is 11.6. The second-order valence-electron chi connectivity index (χ2n) is 7.12. The van der Waals surface area contributed by atoms with E-state index in [0.29, 0.717) is 21.0 Å². The first-order valence-corrected chi connectivity index (χ1v) is 10.3. The van der Waals surface area contributed by atoms with Crippen LogP contribution in [0.4, 0.5) is 0 Å². The zero-order valence-corrected chi connectivity index (χ0v) is 18.6. The first-order chi connectivity index (χ1) is 14.9. The molecule has 31 heavy (non-hydrogen) atoms. The van der Waals surface area contributed by atoms with E-state index in [1.54, 1.807) is 31.3 Å². The molecule has 0 bridgehead atoms. The van der Waals surface area contributed by atoms with Gasteiger partial charge in [-0.1, -0.05) is 53.5 Å². The Morgan fingerprint density at radius 3 is 2.58 bits per heavy atom. The molecule has 0 radical (unpaired) electrons. The molecule has 0 fully saturated rings. The van der Waals surface area contributed by atoms with Crippen LogP contribution < -0.4 is 4.74 Å². The van der Waals surface area contributed by atoms with Crippen molar-refractivity contribution < 1.29 is 14.3 Å². The average molecular weight is 455 g/mol. The van der Waals surface area contributed by atoms with Gasteiger partial charge in [-0.2, -0.15) is 5.26 Å². The van der Waals surface area contributed by atoms with Crippen molar-refractivity contribution in [3.63, 3.8) is 0 Å². The number of nitriles is 1. The van der Waals surface area contributed by atoms with Gasteiger partial charge in [0.2, 0.25) is 0 Å². The third-order valence-electron chi connectivity index (χ3n) is 5.18. The van der Waals surface area contributed by atoms with Crippen LogP contribution in [0.15, 0.2) is 48.5 Å². The summed E-state index contributed by atoms with van der Waals surface area (Å²) >= 11 is 12.2. The van der Waals surface area contributed by atoms with Crippen molar-refractivity contribution in [1.82, 2.24) is 4.90 Å². The number of aldehydes is 1. The number of carbonyl (C=O) groups excluding carboxylic acids is 2. The third kappa shape index (κ3) is 4.66. The summed E-state index contributed by atoms with van der Waals surface area (Å²) in [7, 11) is 3.09. The van der Waals surface area contributed by atoms with Crippen LogP contribution in [0.1, 0.15) is 33.8 Å². The SMILES string of the molecule is COc1c(C#N)cc2ccccc2c1C(=O)N(C)C[C@@H](CC=O)c1ccc(Cl)c(Cl)c1. The minimum atomic E-state index is -0.305. The number of ether oxygens (including phenoxy) is 1. The van der Waals surface area contributed by atoms with Crippen molar-refractivity contribution in [1.29, 1.82) is 5.26 Å². The first-order valence-electron chi connectivity index (χ1n) is 9.55. The van der Waals surface area contributed by atoms with Crippen LogP contribution in [0, 0.1) is 11.3 Å². The standard InChI is InChI=1S/C24H20Cl2N2O3/c1-28(14-17(9-10-29)15-7-8-20(25)21(26)12-15)24(30)22-19-6-4-3-5-16(19)11-18(13-27)23(22)31-2/h3-8,10-12,17H,9,14H2,1-2H3/t17-/m1/s1. The number of fused-ring (bicyclic) bond motifs is 1. The molecule has 0 aliphatic heterocycles. The first kappa shape index (κ1) is 22.6. The van der Waals surface area contributed by atoms with Gasteiger partial charge in [-0.15, -0.1) is 0 Å². The predicted molar refractivity (Wildman–Crippen MR) is 122 cm³/mol. The molecule has 1 amide bonds. The number of nitrogens with zero attached hydrogens (tertiary/aromatic N) is 2. The van der Waals surface area contributed by atoms with Crippen LogP contribution in [0.5, 0.6) is 5.75 Å². The van der Waals surface area contributed by atoms with Crippen molar-refractivity contribution in [3.05, 3.63) is 75.3 Å². The number of benzene rings is 3. The van der Waals surface area contributed by atoms with Gasteiger partial charge >= 0.3 is 0 Å². The number of likely N-dealkylation sites (N-methyl/N-ethyl adjacent to an activating group) is 1. The number of halogens is 2. The number of rotatable bonds is 7. The lowest BCUT2D eigenvalue weighted by Gasteiger charge is -2.25. The molecular formula is C24H20Cl2N2O3. The smallest absolute Gasteiger partial charge is 0.258 e. The minimum absolute atomic E-state index is 0.214. The van der Waals surface area contributed by atoms with Gasteiger partial charge in [0, 0.05) is 25.9 Å². The summed E-state index contributed by atoms with van der Waals surface area (Å²) in [5.41, 5.74) is 1.41. The second kappa shape index (κ2) is 9.82. The van der Waals surface area contributed by atoms with Gasteiger partial charge in [0.15, 0.2) is 0 Å². The Morgan fingerprint density at radius 1 is 1.19 bits per heavy atom. The van der Waals surface area contributed by atoms with Crippen LogP contribution in [0.25, 0.3) is 10.8 Å². The largest absolute Gasteiger partial charge is 0.495 e. The summed E-state index contributed by atoms with van der Waals surface area (Å²) in [6.07, 6.45) is 1.03. The molecule has 0 N–H and O–H groups in total. The van der Waals surface area contributed by atoms with E-state index in [9.17, 15) is 14.9 Å². The summed E-state index contributed by atoms with van der Waals surface area (Å²) in [5, 5.41) is 11.8. The monoisotopic (exact) mass is 454 g/mol. The van der Waals surface area contributed by atoms with Crippen molar-refractivity contribution >= 4 is 46.2 Å². The quantitative estimate of drug-likeness (QED) is 0.443. The Morgan fingerprint density at radius 2 is 1.94 bits per heavy atom. The number of carbonyl (C=O) groups is 2. The van der Waals surface area contributed by atoms with E-state index in [-0.39, 0.29) is 36.1 Å². The fraction of sp³-hybridized carbons (Fsp3) is 0.208. The van der Waals surface area contributed by atoms with E-state index in [1.165, 1.54) is 12.0 Å². The molecule has 3 aromatic carbocycles. The Bertz CT molecular complexity index is 1190. The van der Waals surface area contributed by atoms with Gasteiger partial charge in [0.25, 0.3) is 5.91 Å². The van der Waals surface area contributed by atoms with E-state index in [4.69, 9.17) is 27.9 Å². The van der Waals surface area contributed by atoms with Gasteiger partial charge in [-0.3, -0.25) is 4.79 Å². The summed E-state index contributed by atoms with van der Waals surface area (Å²) in [6.45, 7) is 0.268. The summed E-state index contributed by atoms with van der Waals surface area (Å²) in [4.78, 5) is 26.3. The Labute approximate surface area is 190 Å². The van der Waals surface area contributed by atoms with Crippen LogP contribution in [-0.2, 0) is 4.79 Å². The average Bonchev–Trinajstić information content (AvgIpc) is 2.78. The zero-order valence-electron chi connectivity index (χ0n) is 17.1. The molecule has 158 valence electrons. The zero-order chi connectivity index (χ0) is 22.5. The maximum Gasteiger partial charge on any atom is 0.258 e. The molecular weight excluding hydrogens is 435 g/mol. The van der Waals surface area contributed by atoms with E-state index < -0.39 is 0 Å². The summed E-state index contributed by atoms with van der Waals surface area (Å²) < 4.78 is 5.45. The number of hydrogen-bond donors (Lipinski definition) is 0. The fourth-order valence-corrected chi connectivity index (χ4v) is 3.95. The molecule has 3 aromatic rings. The van der Waals surface area contributed by atoms with Crippen molar-refractivity contribution in [2.75, 3.05) is 20.7 Å². The maximum absolute atomic E-state index is 13.5. The molecule has 0 aliphatic rings. The van der Waals surface area contributed by atoms with E-state index in [0.717, 1.165) is 17.2 Å². The third-order valence-corrected chi connectivity index (χ3v) is 5.92. The van der Waals surface area contributed by atoms with Gasteiger partial charge in [0.05, 0.1) is 28.3 Å². The molecule has 1 atom stereocenters.